The fourth-order valence-corrected chi connectivity index (χ4v) is 5.57. The van der Waals surface area contributed by atoms with E-state index in [0.717, 1.165) is 37.5 Å². The molecule has 1 N–H and O–H groups in total. The van der Waals surface area contributed by atoms with Crippen molar-refractivity contribution >= 4 is 66.4 Å². The van der Waals surface area contributed by atoms with Crippen LogP contribution in [-0.4, -0.2) is 6.54 Å². The van der Waals surface area contributed by atoms with Crippen molar-refractivity contribution in [2.24, 2.45) is 0 Å². The average molecular weight is 472 g/mol. The quantitative estimate of drug-likeness (QED) is 0.485. The number of hydrogen-bond acceptors (Lipinski definition) is 2. The Morgan fingerprint density at radius 1 is 1.24 bits per heavy atom. The summed E-state index contributed by atoms with van der Waals surface area (Å²) in [5, 5.41) is 4.98. The molecule has 1 aromatic heterocycles. The van der Waals surface area contributed by atoms with E-state index >= 15 is 0 Å². The molecule has 114 valence electrons. The van der Waals surface area contributed by atoms with Crippen LogP contribution in [0.5, 0.6) is 0 Å². The number of benzene rings is 1. The first kappa shape index (κ1) is 17.8. The van der Waals surface area contributed by atoms with Gasteiger partial charge in [-0.25, -0.2) is 0 Å². The molecule has 1 atom stereocenters. The SMILES string of the molecule is CCCNC(Cc1ccc(Cl)cc1Cl)c1cc(Br)sc1Br. The second kappa shape index (κ2) is 8.32. The van der Waals surface area contributed by atoms with Gasteiger partial charge in [-0.2, -0.15) is 0 Å². The summed E-state index contributed by atoms with van der Waals surface area (Å²) in [7, 11) is 0. The zero-order chi connectivity index (χ0) is 15.4. The van der Waals surface area contributed by atoms with Crippen molar-refractivity contribution in [1.29, 1.82) is 0 Å². The first-order valence-corrected chi connectivity index (χ1v) is 9.79. The van der Waals surface area contributed by atoms with Crippen molar-refractivity contribution in [1.82, 2.24) is 5.32 Å². The van der Waals surface area contributed by atoms with Crippen molar-refractivity contribution < 1.29 is 0 Å². The van der Waals surface area contributed by atoms with Gasteiger partial charge < -0.3 is 5.32 Å². The van der Waals surface area contributed by atoms with Gasteiger partial charge >= 0.3 is 0 Å². The van der Waals surface area contributed by atoms with Gasteiger partial charge in [0.25, 0.3) is 0 Å². The van der Waals surface area contributed by atoms with E-state index in [4.69, 9.17) is 23.2 Å². The molecule has 0 saturated carbocycles. The second-order valence-corrected chi connectivity index (χ2v) is 9.32. The molecule has 2 rings (SSSR count). The number of hydrogen-bond donors (Lipinski definition) is 1. The molecular formula is C15H15Br2Cl2NS. The van der Waals surface area contributed by atoms with E-state index in [1.54, 1.807) is 17.4 Å². The van der Waals surface area contributed by atoms with Gasteiger partial charge in [-0.15, -0.1) is 11.3 Å². The fraction of sp³-hybridized carbons (Fsp3) is 0.333. The molecule has 0 amide bonds. The molecule has 1 nitrogen and oxygen atoms in total. The van der Waals surface area contributed by atoms with Crippen LogP contribution in [0.4, 0.5) is 0 Å². The van der Waals surface area contributed by atoms with Crippen molar-refractivity contribution in [2.45, 2.75) is 25.8 Å². The van der Waals surface area contributed by atoms with E-state index < -0.39 is 0 Å². The third-order valence-electron chi connectivity index (χ3n) is 3.14. The van der Waals surface area contributed by atoms with E-state index in [0.29, 0.717) is 5.02 Å². The van der Waals surface area contributed by atoms with Gasteiger partial charge in [-0.05, 0) is 80.6 Å². The standard InChI is InChI=1S/C15H15Br2Cl2NS/c1-2-5-20-13(11-8-14(16)21-15(11)17)6-9-3-4-10(18)7-12(9)19/h3-4,7-8,13,20H,2,5-6H2,1H3. The lowest BCUT2D eigenvalue weighted by Crippen LogP contribution is -2.24. The molecule has 1 heterocycles. The fourth-order valence-electron chi connectivity index (χ4n) is 2.11. The Labute approximate surface area is 156 Å². The van der Waals surface area contributed by atoms with Gasteiger partial charge in [0.2, 0.25) is 0 Å². The number of thiophene rings is 1. The molecule has 2 aromatic rings. The second-order valence-electron chi connectivity index (χ2n) is 4.73. The van der Waals surface area contributed by atoms with Gasteiger partial charge in [-0.1, -0.05) is 36.2 Å². The predicted octanol–water partition coefficient (Wildman–Crippen LogP) is 6.86. The lowest BCUT2D eigenvalue weighted by molar-refractivity contribution is 0.529. The summed E-state index contributed by atoms with van der Waals surface area (Å²) in [6, 6.07) is 8.07. The van der Waals surface area contributed by atoms with Crippen molar-refractivity contribution in [2.75, 3.05) is 6.54 Å². The highest BCUT2D eigenvalue weighted by Gasteiger charge is 2.18. The number of nitrogens with one attached hydrogen (secondary N) is 1. The minimum absolute atomic E-state index is 0.223. The van der Waals surface area contributed by atoms with Crippen molar-refractivity contribution in [3.05, 3.63) is 53.0 Å². The molecule has 0 spiro atoms. The summed E-state index contributed by atoms with van der Waals surface area (Å²) in [4.78, 5) is 0. The monoisotopic (exact) mass is 469 g/mol. The van der Waals surface area contributed by atoms with Crippen LogP contribution in [0.3, 0.4) is 0 Å². The van der Waals surface area contributed by atoms with Crippen LogP contribution < -0.4 is 5.32 Å². The number of rotatable bonds is 6. The molecule has 0 fully saturated rings. The molecule has 0 saturated heterocycles. The van der Waals surface area contributed by atoms with Crippen LogP contribution in [0.2, 0.25) is 10.0 Å². The molecule has 21 heavy (non-hydrogen) atoms. The van der Waals surface area contributed by atoms with Crippen molar-refractivity contribution in [3.8, 4) is 0 Å². The lowest BCUT2D eigenvalue weighted by Gasteiger charge is -2.19. The third-order valence-corrected chi connectivity index (χ3v) is 6.11. The van der Waals surface area contributed by atoms with E-state index in [1.165, 1.54) is 5.56 Å². The Bertz CT molecular complexity index is 616. The van der Waals surface area contributed by atoms with Crippen LogP contribution in [0.15, 0.2) is 31.8 Å². The normalized spacial score (nSPS) is 12.6. The first-order valence-electron chi connectivity index (χ1n) is 6.63. The first-order chi connectivity index (χ1) is 10.0. The highest BCUT2D eigenvalue weighted by molar-refractivity contribution is 9.12. The molecule has 0 aliphatic carbocycles. The Balaban J connectivity index is 2.26. The maximum atomic E-state index is 6.31. The highest BCUT2D eigenvalue weighted by Crippen LogP contribution is 2.37. The summed E-state index contributed by atoms with van der Waals surface area (Å²) in [6.07, 6.45) is 1.92. The summed E-state index contributed by atoms with van der Waals surface area (Å²) >= 11 is 21.2. The van der Waals surface area contributed by atoms with Gasteiger partial charge in [0, 0.05) is 16.1 Å². The zero-order valence-electron chi connectivity index (χ0n) is 11.4. The minimum atomic E-state index is 0.223. The van der Waals surface area contributed by atoms with E-state index in [1.807, 2.05) is 12.1 Å². The Morgan fingerprint density at radius 3 is 2.57 bits per heavy atom. The van der Waals surface area contributed by atoms with Crippen LogP contribution in [0, 0.1) is 0 Å². The average Bonchev–Trinajstić information content (AvgIpc) is 2.76. The van der Waals surface area contributed by atoms with Crippen LogP contribution in [0.1, 0.15) is 30.5 Å². The minimum Gasteiger partial charge on any atom is -0.310 e. The molecule has 0 aliphatic rings. The van der Waals surface area contributed by atoms with E-state index in [9.17, 15) is 0 Å². The van der Waals surface area contributed by atoms with Gasteiger partial charge in [0.15, 0.2) is 0 Å². The Hall–Kier alpha value is 0.420. The molecule has 0 bridgehead atoms. The maximum Gasteiger partial charge on any atom is 0.0758 e. The summed E-state index contributed by atoms with van der Waals surface area (Å²) in [5.41, 5.74) is 2.36. The van der Waals surface area contributed by atoms with E-state index in [-0.39, 0.29) is 6.04 Å². The van der Waals surface area contributed by atoms with Crippen LogP contribution in [-0.2, 0) is 6.42 Å². The van der Waals surface area contributed by atoms with Crippen LogP contribution in [0.25, 0.3) is 0 Å². The van der Waals surface area contributed by atoms with Crippen LogP contribution >= 0.6 is 66.4 Å². The lowest BCUT2D eigenvalue weighted by atomic mass is 10.0. The third kappa shape index (κ3) is 4.95. The molecule has 0 aliphatic heterocycles. The zero-order valence-corrected chi connectivity index (χ0v) is 16.9. The molecule has 1 unspecified atom stereocenters. The Kier molecular flexibility index (Phi) is 7.04. The van der Waals surface area contributed by atoms with Gasteiger partial charge in [0.1, 0.15) is 0 Å². The highest BCUT2D eigenvalue weighted by atomic mass is 79.9. The topological polar surface area (TPSA) is 12.0 Å². The van der Waals surface area contributed by atoms with Gasteiger partial charge in [-0.3, -0.25) is 0 Å². The summed E-state index contributed by atoms with van der Waals surface area (Å²) < 4.78 is 2.27. The number of halogens is 4. The molecule has 6 heteroatoms. The predicted molar refractivity (Wildman–Crippen MR) is 101 cm³/mol. The molecule has 0 radical (unpaired) electrons. The van der Waals surface area contributed by atoms with E-state index in [2.05, 4.69) is 50.2 Å². The van der Waals surface area contributed by atoms with Crippen molar-refractivity contribution in [3.63, 3.8) is 0 Å². The van der Waals surface area contributed by atoms with Gasteiger partial charge in [0.05, 0.1) is 7.57 Å². The summed E-state index contributed by atoms with van der Waals surface area (Å²) in [6.45, 7) is 3.13. The Morgan fingerprint density at radius 2 is 2.00 bits per heavy atom. The largest absolute Gasteiger partial charge is 0.310 e. The summed E-state index contributed by atoms with van der Waals surface area (Å²) in [5.74, 6) is 0. The smallest absolute Gasteiger partial charge is 0.0758 e. The molecule has 1 aromatic carbocycles. The molecular weight excluding hydrogens is 457 g/mol. The maximum absolute atomic E-state index is 6.31.